The van der Waals surface area contributed by atoms with Crippen molar-refractivity contribution >= 4 is 16.7 Å². The first-order chi connectivity index (χ1) is 10.6. The normalized spacial score (nSPS) is 11.6. The first kappa shape index (κ1) is 14.3. The number of anilines is 1. The Labute approximate surface area is 124 Å². The quantitative estimate of drug-likeness (QED) is 0.785. The van der Waals surface area contributed by atoms with Gasteiger partial charge in [-0.3, -0.25) is 4.98 Å². The molecule has 0 radical (unpaired) electrons. The van der Waals surface area contributed by atoms with Crippen LogP contribution < -0.4 is 5.32 Å². The molecule has 3 nitrogen and oxygen atoms in total. The number of nitrogens with zero attached hydrogens (tertiary/aromatic N) is 2. The van der Waals surface area contributed by atoms with Gasteiger partial charge in [0.15, 0.2) is 0 Å². The van der Waals surface area contributed by atoms with Crippen LogP contribution in [0.4, 0.5) is 19.0 Å². The van der Waals surface area contributed by atoms with Gasteiger partial charge in [-0.1, -0.05) is 24.3 Å². The summed E-state index contributed by atoms with van der Waals surface area (Å²) in [6, 6.07) is 11.6. The fourth-order valence-electron chi connectivity index (χ4n) is 2.26. The second kappa shape index (κ2) is 5.63. The van der Waals surface area contributed by atoms with E-state index in [4.69, 9.17) is 0 Å². The van der Waals surface area contributed by atoms with E-state index in [1.54, 1.807) is 6.20 Å². The summed E-state index contributed by atoms with van der Waals surface area (Å²) in [4.78, 5) is 8.07. The highest BCUT2D eigenvalue weighted by molar-refractivity contribution is 5.81. The molecule has 1 aromatic carbocycles. The number of fused-ring (bicyclic) bond motifs is 1. The molecule has 1 N–H and O–H groups in total. The van der Waals surface area contributed by atoms with Gasteiger partial charge in [0.1, 0.15) is 5.82 Å². The lowest BCUT2D eigenvalue weighted by atomic mass is 10.1. The molecule has 0 bridgehead atoms. The molecule has 3 aromatic rings. The van der Waals surface area contributed by atoms with E-state index in [2.05, 4.69) is 15.3 Å². The largest absolute Gasteiger partial charge is 0.419 e. The average Bonchev–Trinajstić information content (AvgIpc) is 2.52. The molecule has 22 heavy (non-hydrogen) atoms. The zero-order valence-electron chi connectivity index (χ0n) is 11.4. The van der Waals surface area contributed by atoms with Crippen LogP contribution in [0, 0.1) is 0 Å². The first-order valence-corrected chi connectivity index (χ1v) is 6.64. The Morgan fingerprint density at radius 1 is 0.909 bits per heavy atom. The zero-order chi connectivity index (χ0) is 15.6. The van der Waals surface area contributed by atoms with Crippen molar-refractivity contribution in [3.63, 3.8) is 0 Å². The Kier molecular flexibility index (Phi) is 3.66. The number of rotatable bonds is 3. The summed E-state index contributed by atoms with van der Waals surface area (Å²) in [5.41, 5.74) is 0.807. The van der Waals surface area contributed by atoms with Crippen molar-refractivity contribution < 1.29 is 13.2 Å². The van der Waals surface area contributed by atoms with Crippen molar-refractivity contribution in [1.29, 1.82) is 0 Å². The fraction of sp³-hybridized carbons (Fsp3) is 0.125. The maximum absolute atomic E-state index is 12.9. The minimum atomic E-state index is -4.44. The van der Waals surface area contributed by atoms with Gasteiger partial charge >= 0.3 is 6.18 Å². The summed E-state index contributed by atoms with van der Waals surface area (Å²) in [5, 5.41) is 3.70. The zero-order valence-corrected chi connectivity index (χ0v) is 11.4. The van der Waals surface area contributed by atoms with Crippen LogP contribution in [0.25, 0.3) is 10.9 Å². The number of benzene rings is 1. The summed E-state index contributed by atoms with van der Waals surface area (Å²) in [6.45, 7) is 0.217. The minimum absolute atomic E-state index is 0.178. The van der Waals surface area contributed by atoms with E-state index < -0.39 is 11.7 Å². The van der Waals surface area contributed by atoms with Crippen LogP contribution in [0.1, 0.15) is 11.1 Å². The smallest absolute Gasteiger partial charge is 0.365 e. The lowest BCUT2D eigenvalue weighted by Gasteiger charge is -2.13. The van der Waals surface area contributed by atoms with E-state index in [-0.39, 0.29) is 12.4 Å². The van der Waals surface area contributed by atoms with Crippen LogP contribution in [-0.4, -0.2) is 9.97 Å². The molecule has 2 aromatic heterocycles. The van der Waals surface area contributed by atoms with Crippen molar-refractivity contribution in [3.8, 4) is 0 Å². The van der Waals surface area contributed by atoms with Gasteiger partial charge in [0, 0.05) is 24.3 Å². The van der Waals surface area contributed by atoms with E-state index in [9.17, 15) is 13.2 Å². The molecule has 6 heteroatoms. The molecule has 0 amide bonds. The molecule has 0 fully saturated rings. The molecule has 2 heterocycles. The van der Waals surface area contributed by atoms with Crippen molar-refractivity contribution in [2.24, 2.45) is 0 Å². The monoisotopic (exact) mass is 303 g/mol. The van der Waals surface area contributed by atoms with Gasteiger partial charge in [0.05, 0.1) is 11.1 Å². The minimum Gasteiger partial charge on any atom is -0.365 e. The highest BCUT2D eigenvalue weighted by Gasteiger charge is 2.33. The van der Waals surface area contributed by atoms with Gasteiger partial charge < -0.3 is 5.32 Å². The number of para-hydroxylation sites is 1. The van der Waals surface area contributed by atoms with Crippen molar-refractivity contribution in [2.75, 3.05) is 5.32 Å². The number of alkyl halides is 3. The predicted molar refractivity (Wildman–Crippen MR) is 78.3 cm³/mol. The molecular formula is C16H12F3N3. The van der Waals surface area contributed by atoms with Crippen molar-refractivity contribution in [1.82, 2.24) is 9.97 Å². The van der Waals surface area contributed by atoms with Crippen LogP contribution in [0.15, 0.2) is 54.9 Å². The number of hydrogen-bond donors (Lipinski definition) is 1. The highest BCUT2D eigenvalue weighted by Crippen LogP contribution is 2.33. The third-order valence-electron chi connectivity index (χ3n) is 3.28. The second-order valence-corrected chi connectivity index (χ2v) is 4.74. The topological polar surface area (TPSA) is 37.8 Å². The van der Waals surface area contributed by atoms with E-state index >= 15 is 0 Å². The Bertz CT molecular complexity index is 794. The maximum Gasteiger partial charge on any atom is 0.419 e. The fourth-order valence-corrected chi connectivity index (χ4v) is 2.26. The van der Waals surface area contributed by atoms with E-state index in [0.29, 0.717) is 0 Å². The molecule has 0 aliphatic heterocycles. The summed E-state index contributed by atoms with van der Waals surface area (Å²) in [7, 11) is 0. The Morgan fingerprint density at radius 3 is 2.45 bits per heavy atom. The molecule has 0 aliphatic carbocycles. The summed E-state index contributed by atoms with van der Waals surface area (Å²) >= 11 is 0. The second-order valence-electron chi connectivity index (χ2n) is 4.74. The third kappa shape index (κ3) is 2.86. The highest BCUT2D eigenvalue weighted by atomic mass is 19.4. The molecule has 0 saturated heterocycles. The SMILES string of the molecule is FC(F)(F)c1cccnc1NCc1cccc2cccnc12. The van der Waals surface area contributed by atoms with Gasteiger partial charge in [0.2, 0.25) is 0 Å². The Morgan fingerprint density at radius 2 is 1.64 bits per heavy atom. The van der Waals surface area contributed by atoms with Crippen LogP contribution in [-0.2, 0) is 12.7 Å². The Balaban J connectivity index is 1.89. The van der Waals surface area contributed by atoms with E-state index in [0.717, 1.165) is 22.5 Å². The Hall–Kier alpha value is -2.63. The molecule has 0 aliphatic rings. The summed E-state index contributed by atoms with van der Waals surface area (Å²) < 4.78 is 38.8. The van der Waals surface area contributed by atoms with Gasteiger partial charge in [-0.2, -0.15) is 13.2 Å². The summed E-state index contributed by atoms with van der Waals surface area (Å²) in [6.07, 6.45) is -1.44. The van der Waals surface area contributed by atoms with Crippen LogP contribution >= 0.6 is 0 Å². The number of halogens is 3. The molecule has 3 rings (SSSR count). The molecule has 112 valence electrons. The lowest BCUT2D eigenvalue weighted by molar-refractivity contribution is -0.137. The standard InChI is InChI=1S/C16H12F3N3/c17-16(18,19)13-7-3-9-21-15(13)22-10-12-5-1-4-11-6-2-8-20-14(11)12/h1-9H,10H2,(H,21,22). The molecule has 0 atom stereocenters. The van der Waals surface area contributed by atoms with Gasteiger partial charge in [-0.15, -0.1) is 0 Å². The van der Waals surface area contributed by atoms with Crippen molar-refractivity contribution in [2.45, 2.75) is 12.7 Å². The van der Waals surface area contributed by atoms with Gasteiger partial charge in [-0.05, 0) is 23.8 Å². The van der Waals surface area contributed by atoms with Gasteiger partial charge in [0.25, 0.3) is 0 Å². The lowest BCUT2D eigenvalue weighted by Crippen LogP contribution is -2.12. The van der Waals surface area contributed by atoms with Crippen LogP contribution in [0.3, 0.4) is 0 Å². The number of hydrogen-bond acceptors (Lipinski definition) is 3. The molecule has 0 saturated carbocycles. The maximum atomic E-state index is 12.9. The first-order valence-electron chi connectivity index (χ1n) is 6.64. The van der Waals surface area contributed by atoms with Crippen LogP contribution in [0.5, 0.6) is 0 Å². The summed E-state index contributed by atoms with van der Waals surface area (Å²) in [5.74, 6) is -0.178. The number of aromatic nitrogens is 2. The van der Waals surface area contributed by atoms with E-state index in [1.165, 1.54) is 12.3 Å². The van der Waals surface area contributed by atoms with Crippen LogP contribution in [0.2, 0.25) is 0 Å². The predicted octanol–water partition coefficient (Wildman–Crippen LogP) is 4.26. The number of pyridine rings is 2. The number of nitrogens with one attached hydrogen (secondary N) is 1. The van der Waals surface area contributed by atoms with E-state index in [1.807, 2.05) is 30.3 Å². The average molecular weight is 303 g/mol. The molecule has 0 unspecified atom stereocenters. The molecular weight excluding hydrogens is 291 g/mol. The van der Waals surface area contributed by atoms with Gasteiger partial charge in [-0.25, -0.2) is 4.98 Å². The third-order valence-corrected chi connectivity index (χ3v) is 3.28. The molecule has 0 spiro atoms. The van der Waals surface area contributed by atoms with Crippen molar-refractivity contribution in [3.05, 3.63) is 66.0 Å².